The number of likely N-dealkylation sites (tertiary alicyclic amines) is 1. The van der Waals surface area contributed by atoms with Gasteiger partial charge in [0.2, 0.25) is 5.91 Å². The Hall–Kier alpha value is -2.04. The minimum Gasteiger partial charge on any atom is -0.373 e. The quantitative estimate of drug-likeness (QED) is 0.787. The van der Waals surface area contributed by atoms with Crippen LogP contribution in [0.5, 0.6) is 0 Å². The third-order valence-electron chi connectivity index (χ3n) is 5.20. The van der Waals surface area contributed by atoms with E-state index in [9.17, 15) is 4.79 Å². The number of benzene rings is 2. The number of likely N-dealkylation sites (N-methyl/N-ethyl adjacent to an activating group) is 1. The van der Waals surface area contributed by atoms with E-state index in [1.54, 1.807) is 0 Å². The van der Waals surface area contributed by atoms with Gasteiger partial charge in [0.15, 0.2) is 0 Å². The average Bonchev–Trinajstić information content (AvgIpc) is 2.69. The number of anilines is 1. The predicted molar refractivity (Wildman–Crippen MR) is 112 cm³/mol. The zero-order valence-corrected chi connectivity index (χ0v) is 16.7. The number of nitrogens with one attached hydrogen (secondary N) is 1. The van der Waals surface area contributed by atoms with Gasteiger partial charge in [0, 0.05) is 43.3 Å². The van der Waals surface area contributed by atoms with E-state index in [2.05, 4.69) is 40.4 Å². The van der Waals surface area contributed by atoms with Crippen LogP contribution in [0.1, 0.15) is 18.4 Å². The lowest BCUT2D eigenvalue weighted by molar-refractivity contribution is -0.126. The largest absolute Gasteiger partial charge is 0.373 e. The maximum absolute atomic E-state index is 12.5. The van der Waals surface area contributed by atoms with Gasteiger partial charge in [-0.25, -0.2) is 0 Å². The normalized spacial score (nSPS) is 15.5. The van der Waals surface area contributed by atoms with Crippen LogP contribution in [0.2, 0.25) is 5.02 Å². The van der Waals surface area contributed by atoms with Gasteiger partial charge in [0.1, 0.15) is 0 Å². The Morgan fingerprint density at radius 3 is 2.59 bits per heavy atom. The maximum Gasteiger partial charge on any atom is 0.223 e. The summed E-state index contributed by atoms with van der Waals surface area (Å²) < 4.78 is 0. The molecule has 0 unspecified atom stereocenters. The van der Waals surface area contributed by atoms with E-state index in [0.717, 1.165) is 44.0 Å². The Bertz CT molecular complexity index is 729. The molecule has 0 bridgehead atoms. The van der Waals surface area contributed by atoms with Crippen molar-refractivity contribution in [3.63, 3.8) is 0 Å². The number of carbonyl (C=O) groups excluding carboxylic acids is 1. The fourth-order valence-electron chi connectivity index (χ4n) is 3.55. The SMILES string of the molecule is CN(CCNC(=O)C1CCN(Cc2cccc(Cl)c2)CC1)c1ccccc1. The Morgan fingerprint density at radius 2 is 1.89 bits per heavy atom. The Labute approximate surface area is 167 Å². The summed E-state index contributed by atoms with van der Waals surface area (Å²) in [6.45, 7) is 4.29. The molecule has 1 heterocycles. The first-order valence-corrected chi connectivity index (χ1v) is 10.0. The first-order chi connectivity index (χ1) is 13.1. The highest BCUT2D eigenvalue weighted by atomic mass is 35.5. The third kappa shape index (κ3) is 5.98. The number of piperidine rings is 1. The lowest BCUT2D eigenvalue weighted by atomic mass is 9.95. The van der Waals surface area contributed by atoms with Gasteiger partial charge in [-0.1, -0.05) is 41.9 Å². The molecule has 1 aliphatic heterocycles. The van der Waals surface area contributed by atoms with Gasteiger partial charge in [-0.05, 0) is 55.8 Å². The van der Waals surface area contributed by atoms with E-state index in [0.29, 0.717) is 6.54 Å². The van der Waals surface area contributed by atoms with Crippen LogP contribution < -0.4 is 10.2 Å². The molecule has 0 saturated carbocycles. The molecule has 27 heavy (non-hydrogen) atoms. The molecule has 0 spiro atoms. The summed E-state index contributed by atoms with van der Waals surface area (Å²) in [5.41, 5.74) is 2.40. The summed E-state index contributed by atoms with van der Waals surface area (Å²) >= 11 is 6.06. The molecular formula is C22H28ClN3O. The van der Waals surface area contributed by atoms with Crippen LogP contribution in [0, 0.1) is 5.92 Å². The molecule has 0 atom stereocenters. The van der Waals surface area contributed by atoms with Gasteiger partial charge in [-0.15, -0.1) is 0 Å². The number of halogens is 1. The lowest BCUT2D eigenvalue weighted by Gasteiger charge is -2.31. The van der Waals surface area contributed by atoms with Gasteiger partial charge >= 0.3 is 0 Å². The van der Waals surface area contributed by atoms with Crippen molar-refractivity contribution < 1.29 is 4.79 Å². The number of para-hydroxylation sites is 1. The summed E-state index contributed by atoms with van der Waals surface area (Å²) in [6.07, 6.45) is 1.84. The smallest absolute Gasteiger partial charge is 0.223 e. The van der Waals surface area contributed by atoms with E-state index >= 15 is 0 Å². The van der Waals surface area contributed by atoms with Crippen molar-refractivity contribution in [3.8, 4) is 0 Å². The van der Waals surface area contributed by atoms with Gasteiger partial charge in [-0.3, -0.25) is 9.69 Å². The molecule has 0 radical (unpaired) electrons. The van der Waals surface area contributed by atoms with Gasteiger partial charge in [0.05, 0.1) is 0 Å². The first kappa shape index (κ1) is 19.7. The summed E-state index contributed by atoms with van der Waals surface area (Å²) in [4.78, 5) is 17.0. The second-order valence-corrected chi connectivity index (χ2v) is 7.66. The number of hydrogen-bond acceptors (Lipinski definition) is 3. The minimum atomic E-state index is 0.127. The molecule has 1 N–H and O–H groups in total. The van der Waals surface area contributed by atoms with Crippen molar-refractivity contribution in [2.24, 2.45) is 5.92 Å². The van der Waals surface area contributed by atoms with E-state index < -0.39 is 0 Å². The van der Waals surface area contributed by atoms with Crippen molar-refractivity contribution in [3.05, 3.63) is 65.2 Å². The van der Waals surface area contributed by atoms with Gasteiger partial charge in [0.25, 0.3) is 0 Å². The minimum absolute atomic E-state index is 0.127. The zero-order valence-electron chi connectivity index (χ0n) is 15.9. The fourth-order valence-corrected chi connectivity index (χ4v) is 3.76. The van der Waals surface area contributed by atoms with Crippen LogP contribution in [-0.2, 0) is 11.3 Å². The van der Waals surface area contributed by atoms with Crippen molar-refractivity contribution in [1.82, 2.24) is 10.2 Å². The topological polar surface area (TPSA) is 35.6 Å². The first-order valence-electron chi connectivity index (χ1n) is 9.62. The van der Waals surface area contributed by atoms with E-state index in [4.69, 9.17) is 11.6 Å². The summed E-state index contributed by atoms with van der Waals surface area (Å²) in [7, 11) is 2.05. The van der Waals surface area contributed by atoms with Crippen LogP contribution in [0.15, 0.2) is 54.6 Å². The monoisotopic (exact) mass is 385 g/mol. The van der Waals surface area contributed by atoms with Crippen molar-refractivity contribution in [1.29, 1.82) is 0 Å². The molecule has 144 valence electrons. The highest BCUT2D eigenvalue weighted by molar-refractivity contribution is 6.30. The summed E-state index contributed by atoms with van der Waals surface area (Å²) in [5.74, 6) is 0.321. The molecule has 1 fully saturated rings. The lowest BCUT2D eigenvalue weighted by Crippen LogP contribution is -2.42. The maximum atomic E-state index is 12.5. The highest BCUT2D eigenvalue weighted by Crippen LogP contribution is 2.20. The summed E-state index contributed by atoms with van der Waals surface area (Å²) in [6, 6.07) is 18.2. The predicted octanol–water partition coefficient (Wildman–Crippen LogP) is 3.80. The van der Waals surface area contributed by atoms with Crippen LogP contribution in [0.4, 0.5) is 5.69 Å². The molecule has 1 saturated heterocycles. The van der Waals surface area contributed by atoms with Crippen LogP contribution in [-0.4, -0.2) is 44.0 Å². The van der Waals surface area contributed by atoms with Gasteiger partial charge < -0.3 is 10.2 Å². The standard InChI is InChI=1S/C22H28ClN3O/c1-25(21-8-3-2-4-9-21)15-12-24-22(27)19-10-13-26(14-11-19)17-18-6-5-7-20(23)16-18/h2-9,16,19H,10-15,17H2,1H3,(H,24,27). The molecule has 0 aromatic heterocycles. The molecule has 3 rings (SSSR count). The molecule has 2 aromatic rings. The third-order valence-corrected chi connectivity index (χ3v) is 5.43. The number of hydrogen-bond donors (Lipinski definition) is 1. The highest BCUT2D eigenvalue weighted by Gasteiger charge is 2.24. The number of rotatable bonds is 7. The number of nitrogens with zero attached hydrogens (tertiary/aromatic N) is 2. The molecule has 5 heteroatoms. The fraction of sp³-hybridized carbons (Fsp3) is 0.409. The number of carbonyl (C=O) groups is 1. The molecule has 2 aromatic carbocycles. The molecule has 4 nitrogen and oxygen atoms in total. The van der Waals surface area contributed by atoms with E-state index in [-0.39, 0.29) is 11.8 Å². The summed E-state index contributed by atoms with van der Waals surface area (Å²) in [5, 5.41) is 3.89. The van der Waals surface area contributed by atoms with Crippen molar-refractivity contribution in [2.45, 2.75) is 19.4 Å². The average molecular weight is 386 g/mol. The van der Waals surface area contributed by atoms with E-state index in [1.807, 2.05) is 36.4 Å². The molecule has 1 aliphatic rings. The molecule has 0 aliphatic carbocycles. The zero-order chi connectivity index (χ0) is 19.1. The Morgan fingerprint density at radius 1 is 1.15 bits per heavy atom. The molecular weight excluding hydrogens is 358 g/mol. The molecule has 1 amide bonds. The second-order valence-electron chi connectivity index (χ2n) is 7.23. The van der Waals surface area contributed by atoms with Crippen LogP contribution in [0.25, 0.3) is 0 Å². The van der Waals surface area contributed by atoms with Crippen LogP contribution >= 0.6 is 11.6 Å². The Balaban J connectivity index is 1.37. The van der Waals surface area contributed by atoms with E-state index in [1.165, 1.54) is 11.3 Å². The number of amides is 1. The Kier molecular flexibility index (Phi) is 7.13. The van der Waals surface area contributed by atoms with Gasteiger partial charge in [-0.2, -0.15) is 0 Å². The van der Waals surface area contributed by atoms with Crippen LogP contribution in [0.3, 0.4) is 0 Å². The second kappa shape index (κ2) is 9.77. The van der Waals surface area contributed by atoms with Crippen molar-refractivity contribution >= 4 is 23.2 Å². The van der Waals surface area contributed by atoms with Crippen molar-refractivity contribution in [2.75, 3.05) is 38.1 Å².